The molecule has 0 fully saturated rings. The first-order valence-electron chi connectivity index (χ1n) is 9.62. The molecule has 0 unspecified atom stereocenters. The summed E-state index contributed by atoms with van der Waals surface area (Å²) in [6.45, 7) is 1.05. The Balaban J connectivity index is 1.40. The third-order valence-corrected chi connectivity index (χ3v) is 6.15. The SMILES string of the molecule is CN(CCC(=O)NCc1ccc(Cl)cc1)c1ncnc2sc(-c3ccccc3)cc12. The van der Waals surface area contributed by atoms with Crippen LogP contribution >= 0.6 is 22.9 Å². The summed E-state index contributed by atoms with van der Waals surface area (Å²) in [6, 6.07) is 19.8. The van der Waals surface area contributed by atoms with Crippen LogP contribution in [0.3, 0.4) is 0 Å². The number of hydrogen-bond donors (Lipinski definition) is 1. The number of hydrogen-bond acceptors (Lipinski definition) is 5. The molecule has 0 bridgehead atoms. The fourth-order valence-corrected chi connectivity index (χ4v) is 4.28. The number of rotatable bonds is 7. The Hall–Kier alpha value is -2.96. The zero-order chi connectivity index (χ0) is 20.9. The van der Waals surface area contributed by atoms with E-state index in [1.165, 1.54) is 0 Å². The molecule has 0 saturated carbocycles. The highest BCUT2D eigenvalue weighted by atomic mass is 35.5. The van der Waals surface area contributed by atoms with Crippen molar-refractivity contribution in [2.45, 2.75) is 13.0 Å². The summed E-state index contributed by atoms with van der Waals surface area (Å²) in [5, 5.41) is 4.64. The number of halogens is 1. The maximum atomic E-state index is 12.3. The summed E-state index contributed by atoms with van der Waals surface area (Å²) in [6.07, 6.45) is 1.96. The second-order valence-corrected chi connectivity index (χ2v) is 8.43. The van der Waals surface area contributed by atoms with Gasteiger partial charge in [0.1, 0.15) is 17.0 Å². The molecular formula is C23H21ClN4OS. The van der Waals surface area contributed by atoms with E-state index in [4.69, 9.17) is 11.6 Å². The molecule has 2 heterocycles. The molecule has 4 aromatic rings. The van der Waals surface area contributed by atoms with Crippen molar-refractivity contribution in [2.24, 2.45) is 0 Å². The number of aromatic nitrogens is 2. The van der Waals surface area contributed by atoms with Gasteiger partial charge in [0.2, 0.25) is 5.91 Å². The second kappa shape index (κ2) is 9.24. The van der Waals surface area contributed by atoms with Gasteiger partial charge in [0.05, 0.1) is 5.39 Å². The van der Waals surface area contributed by atoms with Crippen LogP contribution in [0.1, 0.15) is 12.0 Å². The highest BCUT2D eigenvalue weighted by Gasteiger charge is 2.14. The van der Waals surface area contributed by atoms with Crippen LogP contribution in [0.5, 0.6) is 0 Å². The van der Waals surface area contributed by atoms with Crippen LogP contribution in [0, 0.1) is 0 Å². The quantitative estimate of drug-likeness (QED) is 0.435. The lowest BCUT2D eigenvalue weighted by Crippen LogP contribution is -2.28. The molecule has 0 aliphatic rings. The molecule has 0 spiro atoms. The van der Waals surface area contributed by atoms with E-state index in [1.807, 2.05) is 54.4 Å². The standard InChI is InChI=1S/C23H21ClN4OS/c1-28(12-11-21(29)25-14-16-7-9-18(24)10-8-16)22-19-13-20(17-5-3-2-4-6-17)30-23(19)27-15-26-22/h2-10,13,15H,11-12,14H2,1H3,(H,25,29). The van der Waals surface area contributed by atoms with E-state index in [0.717, 1.165) is 32.0 Å². The maximum absolute atomic E-state index is 12.3. The number of nitrogens with zero attached hydrogens (tertiary/aromatic N) is 3. The predicted molar refractivity (Wildman–Crippen MR) is 124 cm³/mol. The summed E-state index contributed by atoms with van der Waals surface area (Å²) in [7, 11) is 1.95. The van der Waals surface area contributed by atoms with Gasteiger partial charge < -0.3 is 10.2 Å². The molecule has 0 aliphatic heterocycles. The van der Waals surface area contributed by atoms with Gasteiger partial charge in [0.15, 0.2) is 0 Å². The van der Waals surface area contributed by atoms with Crippen LogP contribution in [0.4, 0.5) is 5.82 Å². The molecule has 1 N–H and O–H groups in total. The number of carbonyl (C=O) groups excluding carboxylic acids is 1. The summed E-state index contributed by atoms with van der Waals surface area (Å²) >= 11 is 7.54. The lowest BCUT2D eigenvalue weighted by atomic mass is 10.2. The zero-order valence-corrected chi connectivity index (χ0v) is 18.1. The van der Waals surface area contributed by atoms with Crippen LogP contribution in [0.2, 0.25) is 5.02 Å². The monoisotopic (exact) mass is 436 g/mol. The molecule has 30 heavy (non-hydrogen) atoms. The molecule has 1 amide bonds. The summed E-state index contributed by atoms with van der Waals surface area (Å²) in [5.74, 6) is 0.835. The smallest absolute Gasteiger partial charge is 0.222 e. The molecule has 2 aromatic carbocycles. The number of amides is 1. The normalized spacial score (nSPS) is 10.9. The number of anilines is 1. The van der Waals surface area contributed by atoms with Gasteiger partial charge in [0.25, 0.3) is 0 Å². The van der Waals surface area contributed by atoms with Crippen molar-refractivity contribution < 1.29 is 4.79 Å². The lowest BCUT2D eigenvalue weighted by Gasteiger charge is -2.18. The van der Waals surface area contributed by atoms with Crippen LogP contribution < -0.4 is 10.2 Å². The Morgan fingerprint density at radius 1 is 1.10 bits per heavy atom. The minimum Gasteiger partial charge on any atom is -0.359 e. The maximum Gasteiger partial charge on any atom is 0.222 e. The van der Waals surface area contributed by atoms with Crippen molar-refractivity contribution in [3.05, 3.63) is 77.6 Å². The van der Waals surface area contributed by atoms with Crippen molar-refractivity contribution in [1.29, 1.82) is 0 Å². The van der Waals surface area contributed by atoms with Crippen molar-refractivity contribution >= 4 is 44.9 Å². The molecule has 4 rings (SSSR count). The highest BCUT2D eigenvalue weighted by molar-refractivity contribution is 7.21. The largest absolute Gasteiger partial charge is 0.359 e. The number of fused-ring (bicyclic) bond motifs is 1. The molecule has 0 aliphatic carbocycles. The summed E-state index contributed by atoms with van der Waals surface area (Å²) in [5.41, 5.74) is 2.18. The molecule has 0 atom stereocenters. The Bertz CT molecular complexity index is 1150. The van der Waals surface area contributed by atoms with Gasteiger partial charge in [-0.15, -0.1) is 11.3 Å². The Labute approximate surface area is 184 Å². The van der Waals surface area contributed by atoms with Gasteiger partial charge in [-0.3, -0.25) is 4.79 Å². The van der Waals surface area contributed by atoms with Crippen molar-refractivity contribution in [2.75, 3.05) is 18.5 Å². The van der Waals surface area contributed by atoms with Crippen LogP contribution in [0.15, 0.2) is 67.0 Å². The van der Waals surface area contributed by atoms with E-state index in [9.17, 15) is 4.79 Å². The molecule has 0 saturated heterocycles. The Kier molecular flexibility index (Phi) is 6.26. The zero-order valence-electron chi connectivity index (χ0n) is 16.5. The van der Waals surface area contributed by atoms with Gasteiger partial charge in [-0.25, -0.2) is 9.97 Å². The Morgan fingerprint density at radius 2 is 1.87 bits per heavy atom. The molecule has 7 heteroatoms. The predicted octanol–water partition coefficient (Wildman–Crippen LogP) is 5.15. The average Bonchev–Trinajstić information content (AvgIpc) is 3.22. The van der Waals surface area contributed by atoms with E-state index >= 15 is 0 Å². The van der Waals surface area contributed by atoms with E-state index in [2.05, 4.69) is 33.5 Å². The first-order valence-corrected chi connectivity index (χ1v) is 10.8. The van der Waals surface area contributed by atoms with Gasteiger partial charge in [-0.2, -0.15) is 0 Å². The lowest BCUT2D eigenvalue weighted by molar-refractivity contribution is -0.121. The summed E-state index contributed by atoms with van der Waals surface area (Å²) < 4.78 is 0. The summed E-state index contributed by atoms with van der Waals surface area (Å²) in [4.78, 5) is 25.3. The first-order chi connectivity index (χ1) is 14.6. The highest BCUT2D eigenvalue weighted by Crippen LogP contribution is 2.35. The first kappa shape index (κ1) is 20.3. The fourth-order valence-electron chi connectivity index (χ4n) is 3.16. The van der Waals surface area contributed by atoms with Gasteiger partial charge in [-0.1, -0.05) is 54.1 Å². The minimum atomic E-state index is -0.00241. The van der Waals surface area contributed by atoms with Gasteiger partial charge in [0, 0.05) is 36.5 Å². The van der Waals surface area contributed by atoms with Crippen molar-refractivity contribution in [1.82, 2.24) is 15.3 Å². The van der Waals surface area contributed by atoms with Gasteiger partial charge >= 0.3 is 0 Å². The van der Waals surface area contributed by atoms with E-state index in [0.29, 0.717) is 24.5 Å². The second-order valence-electron chi connectivity index (χ2n) is 6.97. The molecule has 2 aromatic heterocycles. The number of benzene rings is 2. The van der Waals surface area contributed by atoms with E-state index in [-0.39, 0.29) is 5.91 Å². The third-order valence-electron chi connectivity index (χ3n) is 4.81. The number of thiophene rings is 1. The van der Waals surface area contributed by atoms with Crippen LogP contribution in [-0.2, 0) is 11.3 Å². The average molecular weight is 437 g/mol. The molecule has 0 radical (unpaired) electrons. The van der Waals surface area contributed by atoms with Crippen molar-refractivity contribution in [3.63, 3.8) is 0 Å². The van der Waals surface area contributed by atoms with Crippen molar-refractivity contribution in [3.8, 4) is 10.4 Å². The van der Waals surface area contributed by atoms with Gasteiger partial charge in [-0.05, 0) is 29.3 Å². The Morgan fingerprint density at radius 3 is 2.63 bits per heavy atom. The topological polar surface area (TPSA) is 58.1 Å². The molecule has 152 valence electrons. The fraction of sp³-hybridized carbons (Fsp3) is 0.174. The third kappa shape index (κ3) is 4.78. The molecule has 5 nitrogen and oxygen atoms in total. The molecular weight excluding hydrogens is 416 g/mol. The van der Waals surface area contributed by atoms with E-state index in [1.54, 1.807) is 17.7 Å². The minimum absolute atomic E-state index is 0.00241. The van der Waals surface area contributed by atoms with Crippen LogP contribution in [0.25, 0.3) is 20.7 Å². The number of carbonyl (C=O) groups is 1. The van der Waals surface area contributed by atoms with Crippen LogP contribution in [-0.4, -0.2) is 29.5 Å². The number of nitrogens with one attached hydrogen (secondary N) is 1. The van der Waals surface area contributed by atoms with E-state index < -0.39 is 0 Å².